The fraction of sp³-hybridized carbons (Fsp3) is 0.900. The molecule has 3 N–H and O–H groups in total. The standard InChI is InChI=1S/C10H17F2NO3/c11-8(12)5-13-6-10(16)3-1-7(2-4-10)9(14)15/h7-8,13,16H,1-6H2,(H,14,15). The van der Waals surface area contributed by atoms with E-state index >= 15 is 0 Å². The van der Waals surface area contributed by atoms with Gasteiger partial charge >= 0.3 is 5.97 Å². The van der Waals surface area contributed by atoms with Crippen LogP contribution in [0.5, 0.6) is 0 Å². The Kier molecular flexibility index (Phi) is 4.61. The van der Waals surface area contributed by atoms with Crippen molar-refractivity contribution < 1.29 is 23.8 Å². The molecule has 0 atom stereocenters. The number of hydrogen-bond donors (Lipinski definition) is 3. The van der Waals surface area contributed by atoms with E-state index in [1.807, 2.05) is 0 Å². The number of carboxylic acid groups (broad SMARTS) is 1. The van der Waals surface area contributed by atoms with Gasteiger partial charge in [0, 0.05) is 6.54 Å². The number of carboxylic acids is 1. The van der Waals surface area contributed by atoms with Gasteiger partial charge in [0.05, 0.1) is 18.1 Å². The average molecular weight is 237 g/mol. The Labute approximate surface area is 92.6 Å². The third kappa shape index (κ3) is 4.02. The first-order chi connectivity index (χ1) is 7.43. The van der Waals surface area contributed by atoms with Gasteiger partial charge in [-0.05, 0) is 25.7 Å². The van der Waals surface area contributed by atoms with Crippen molar-refractivity contribution in [3.63, 3.8) is 0 Å². The molecule has 1 fully saturated rings. The van der Waals surface area contributed by atoms with Crippen LogP contribution in [0.3, 0.4) is 0 Å². The lowest BCUT2D eigenvalue weighted by Crippen LogP contribution is -2.45. The predicted molar refractivity (Wildman–Crippen MR) is 53.4 cm³/mol. The van der Waals surface area contributed by atoms with Crippen molar-refractivity contribution in [3.05, 3.63) is 0 Å². The fourth-order valence-corrected chi connectivity index (χ4v) is 1.99. The summed E-state index contributed by atoms with van der Waals surface area (Å²) < 4.78 is 23.7. The molecule has 0 unspecified atom stereocenters. The lowest BCUT2D eigenvalue weighted by atomic mass is 9.79. The highest BCUT2D eigenvalue weighted by molar-refractivity contribution is 5.70. The number of halogens is 2. The van der Waals surface area contributed by atoms with E-state index < -0.39 is 30.5 Å². The Morgan fingerprint density at radius 3 is 2.44 bits per heavy atom. The minimum absolute atomic E-state index is 0.101. The van der Waals surface area contributed by atoms with Crippen LogP contribution >= 0.6 is 0 Å². The maximum Gasteiger partial charge on any atom is 0.306 e. The number of nitrogens with one attached hydrogen (secondary N) is 1. The number of rotatable bonds is 5. The minimum Gasteiger partial charge on any atom is -0.481 e. The summed E-state index contributed by atoms with van der Waals surface area (Å²) in [5.41, 5.74) is -1.03. The number of aliphatic hydroxyl groups is 1. The highest BCUT2D eigenvalue weighted by atomic mass is 19.3. The van der Waals surface area contributed by atoms with Crippen molar-refractivity contribution in [2.45, 2.75) is 37.7 Å². The van der Waals surface area contributed by atoms with Crippen LogP contribution in [0.4, 0.5) is 8.78 Å². The van der Waals surface area contributed by atoms with Crippen LogP contribution in [0.15, 0.2) is 0 Å². The van der Waals surface area contributed by atoms with Gasteiger partial charge in [-0.1, -0.05) is 0 Å². The summed E-state index contributed by atoms with van der Waals surface area (Å²) >= 11 is 0. The third-order valence-electron chi connectivity index (χ3n) is 3.02. The molecule has 0 bridgehead atoms. The molecule has 16 heavy (non-hydrogen) atoms. The molecule has 0 spiro atoms. The molecule has 1 aliphatic carbocycles. The molecule has 4 nitrogen and oxygen atoms in total. The Hall–Kier alpha value is -0.750. The maximum atomic E-state index is 11.9. The lowest BCUT2D eigenvalue weighted by Gasteiger charge is -2.34. The highest BCUT2D eigenvalue weighted by Crippen LogP contribution is 2.31. The highest BCUT2D eigenvalue weighted by Gasteiger charge is 2.35. The monoisotopic (exact) mass is 237 g/mol. The van der Waals surface area contributed by atoms with Gasteiger partial charge in [-0.25, -0.2) is 8.78 Å². The molecule has 1 rings (SSSR count). The molecule has 0 aromatic rings. The Morgan fingerprint density at radius 2 is 2.00 bits per heavy atom. The normalized spacial score (nSPS) is 30.6. The SMILES string of the molecule is O=C(O)C1CCC(O)(CNCC(F)F)CC1. The van der Waals surface area contributed by atoms with E-state index in [9.17, 15) is 18.7 Å². The molecule has 0 aromatic carbocycles. The van der Waals surface area contributed by atoms with Crippen molar-refractivity contribution in [2.24, 2.45) is 5.92 Å². The van der Waals surface area contributed by atoms with Gasteiger partial charge < -0.3 is 15.5 Å². The van der Waals surface area contributed by atoms with E-state index in [-0.39, 0.29) is 6.54 Å². The molecule has 0 aliphatic heterocycles. The average Bonchev–Trinajstić information content (AvgIpc) is 2.17. The summed E-state index contributed by atoms with van der Waals surface area (Å²) in [5.74, 6) is -1.25. The molecule has 0 amide bonds. The fourth-order valence-electron chi connectivity index (χ4n) is 1.99. The van der Waals surface area contributed by atoms with Gasteiger partial charge in [-0.2, -0.15) is 0 Å². The topological polar surface area (TPSA) is 69.6 Å². The second-order valence-electron chi connectivity index (χ2n) is 4.36. The Balaban J connectivity index is 2.29. The van der Waals surface area contributed by atoms with E-state index in [1.54, 1.807) is 0 Å². The molecule has 0 aromatic heterocycles. The van der Waals surface area contributed by atoms with Crippen molar-refractivity contribution in [1.82, 2.24) is 5.32 Å². The summed E-state index contributed by atoms with van der Waals surface area (Å²) in [6, 6.07) is 0. The van der Waals surface area contributed by atoms with Crippen LogP contribution in [0, 0.1) is 5.92 Å². The molecule has 0 heterocycles. The van der Waals surface area contributed by atoms with Crippen LogP contribution in [-0.4, -0.2) is 41.3 Å². The largest absolute Gasteiger partial charge is 0.481 e. The first kappa shape index (κ1) is 13.3. The molecule has 94 valence electrons. The van der Waals surface area contributed by atoms with Gasteiger partial charge in [-0.15, -0.1) is 0 Å². The zero-order valence-electron chi connectivity index (χ0n) is 8.96. The minimum atomic E-state index is -2.43. The van der Waals surface area contributed by atoms with Gasteiger partial charge in [0.25, 0.3) is 6.43 Å². The second kappa shape index (κ2) is 5.54. The van der Waals surface area contributed by atoms with Crippen molar-refractivity contribution in [1.29, 1.82) is 0 Å². The molecule has 0 radical (unpaired) electrons. The quantitative estimate of drug-likeness (QED) is 0.663. The Bertz CT molecular complexity index is 240. The zero-order chi connectivity index (χ0) is 12.2. The molecule has 1 saturated carbocycles. The Morgan fingerprint density at radius 1 is 1.44 bits per heavy atom. The summed E-state index contributed by atoms with van der Waals surface area (Å²) in [6.07, 6.45) is -0.927. The summed E-state index contributed by atoms with van der Waals surface area (Å²) in [7, 11) is 0. The summed E-state index contributed by atoms with van der Waals surface area (Å²) in [4.78, 5) is 10.7. The maximum absolute atomic E-state index is 11.9. The van der Waals surface area contributed by atoms with Crippen molar-refractivity contribution >= 4 is 5.97 Å². The number of hydrogen-bond acceptors (Lipinski definition) is 3. The van der Waals surface area contributed by atoms with Crippen molar-refractivity contribution in [2.75, 3.05) is 13.1 Å². The van der Waals surface area contributed by atoms with Gasteiger partial charge in [0.2, 0.25) is 0 Å². The number of aliphatic carboxylic acids is 1. The van der Waals surface area contributed by atoms with Crippen LogP contribution in [0.25, 0.3) is 0 Å². The first-order valence-electron chi connectivity index (χ1n) is 5.37. The van der Waals surface area contributed by atoms with Gasteiger partial charge in [0.15, 0.2) is 0 Å². The van der Waals surface area contributed by atoms with Gasteiger partial charge in [-0.3, -0.25) is 4.79 Å². The van der Waals surface area contributed by atoms with Crippen LogP contribution in [0.2, 0.25) is 0 Å². The number of carbonyl (C=O) groups is 1. The summed E-state index contributed by atoms with van der Waals surface area (Å²) in [6.45, 7) is -0.339. The van der Waals surface area contributed by atoms with Crippen LogP contribution < -0.4 is 5.32 Å². The van der Waals surface area contributed by atoms with E-state index in [2.05, 4.69) is 5.32 Å². The molecular formula is C10H17F2NO3. The summed E-state index contributed by atoms with van der Waals surface area (Å²) in [5, 5.41) is 21.2. The van der Waals surface area contributed by atoms with E-state index in [0.717, 1.165) is 0 Å². The van der Waals surface area contributed by atoms with E-state index in [1.165, 1.54) is 0 Å². The van der Waals surface area contributed by atoms with E-state index in [4.69, 9.17) is 5.11 Å². The predicted octanol–water partition coefficient (Wildman–Crippen LogP) is 0.847. The first-order valence-corrected chi connectivity index (χ1v) is 5.37. The molecule has 1 aliphatic rings. The third-order valence-corrected chi connectivity index (χ3v) is 3.02. The molecular weight excluding hydrogens is 220 g/mol. The smallest absolute Gasteiger partial charge is 0.306 e. The van der Waals surface area contributed by atoms with Crippen LogP contribution in [0.1, 0.15) is 25.7 Å². The number of alkyl halides is 2. The lowest BCUT2D eigenvalue weighted by molar-refractivity contribution is -0.144. The zero-order valence-corrected chi connectivity index (χ0v) is 8.96. The van der Waals surface area contributed by atoms with Gasteiger partial charge in [0.1, 0.15) is 0 Å². The molecule has 0 saturated heterocycles. The van der Waals surface area contributed by atoms with E-state index in [0.29, 0.717) is 25.7 Å². The second-order valence-corrected chi connectivity index (χ2v) is 4.36. The molecule has 6 heteroatoms. The van der Waals surface area contributed by atoms with Crippen molar-refractivity contribution in [3.8, 4) is 0 Å². The van der Waals surface area contributed by atoms with Crippen LogP contribution in [-0.2, 0) is 4.79 Å².